The van der Waals surface area contributed by atoms with Gasteiger partial charge >= 0.3 is 0 Å². The summed E-state index contributed by atoms with van der Waals surface area (Å²) in [5, 5.41) is 0.228. The molecule has 0 aromatic heterocycles. The second-order valence-corrected chi connectivity index (χ2v) is 21.3. The highest BCUT2D eigenvalue weighted by Crippen LogP contribution is 2.44. The van der Waals surface area contributed by atoms with Crippen LogP contribution in [0.1, 0.15) is 88.0 Å². The van der Waals surface area contributed by atoms with E-state index >= 15 is 0 Å². The molecule has 0 aliphatic heterocycles. The minimum Gasteiger partial charge on any atom is -0.414 e. The largest absolute Gasteiger partial charge is 0.414 e. The quantitative estimate of drug-likeness (QED) is 0.223. The van der Waals surface area contributed by atoms with Gasteiger partial charge in [0.2, 0.25) is 0 Å². The van der Waals surface area contributed by atoms with Crippen LogP contribution in [-0.4, -0.2) is 28.8 Å². The Balaban J connectivity index is 3.12. The van der Waals surface area contributed by atoms with Gasteiger partial charge in [-0.1, -0.05) is 72.3 Å². The van der Waals surface area contributed by atoms with Crippen LogP contribution in [0.2, 0.25) is 36.3 Å². The van der Waals surface area contributed by atoms with Gasteiger partial charge in [0.25, 0.3) is 0 Å². The maximum atomic E-state index is 7.05. The second kappa shape index (κ2) is 11.8. The third kappa shape index (κ3) is 7.98. The molecule has 182 valence electrons. The SMILES string of the molecule is C=C(CCC=C(C)C)[C@H]1CC(O[Si](CC)(CC)CC)[C@H](C)C[C@@H]1O[Si](C)(C)C(C)(C)C. The van der Waals surface area contributed by atoms with Gasteiger partial charge in [-0.15, -0.1) is 0 Å². The molecular weight excluding hydrogens is 412 g/mol. The molecule has 0 spiro atoms. The molecule has 4 heteroatoms. The molecule has 4 atom stereocenters. The predicted molar refractivity (Wildman–Crippen MR) is 144 cm³/mol. The Bertz CT molecular complexity index is 587. The Morgan fingerprint density at radius 3 is 1.97 bits per heavy atom. The first kappa shape index (κ1) is 28.9. The van der Waals surface area contributed by atoms with Gasteiger partial charge in [0.1, 0.15) is 0 Å². The van der Waals surface area contributed by atoms with Crippen molar-refractivity contribution in [1.29, 1.82) is 0 Å². The highest BCUT2D eigenvalue weighted by atomic mass is 28.4. The van der Waals surface area contributed by atoms with Gasteiger partial charge in [-0.2, -0.15) is 0 Å². The van der Waals surface area contributed by atoms with E-state index in [1.165, 1.54) is 29.3 Å². The van der Waals surface area contributed by atoms with Gasteiger partial charge < -0.3 is 8.85 Å². The molecule has 0 saturated heterocycles. The van der Waals surface area contributed by atoms with Gasteiger partial charge in [-0.05, 0) is 81.7 Å². The lowest BCUT2D eigenvalue weighted by Gasteiger charge is -2.48. The summed E-state index contributed by atoms with van der Waals surface area (Å²) in [4.78, 5) is 0. The molecule has 0 bridgehead atoms. The van der Waals surface area contributed by atoms with Crippen molar-refractivity contribution in [3.8, 4) is 0 Å². The smallest absolute Gasteiger partial charge is 0.192 e. The van der Waals surface area contributed by atoms with E-state index in [-0.39, 0.29) is 11.1 Å². The van der Waals surface area contributed by atoms with Crippen LogP contribution in [-0.2, 0) is 8.85 Å². The van der Waals surface area contributed by atoms with Gasteiger partial charge in [-0.3, -0.25) is 0 Å². The standard InChI is InChI=1S/C27H54O2Si2/c1-13-31(14-2,15-3)29-25-20-24(22(6)18-16-17-21(4)5)26(19-23(25)7)28-30(11,12)27(8,9)10/h17,23-26H,6,13-16,18-20H2,1-5,7-12H3/t23-,24-,25?,26+/m1/s1. The summed E-state index contributed by atoms with van der Waals surface area (Å²) in [6.45, 7) is 30.2. The average Bonchev–Trinajstić information content (AvgIpc) is 2.66. The van der Waals surface area contributed by atoms with Crippen molar-refractivity contribution in [3.63, 3.8) is 0 Å². The van der Waals surface area contributed by atoms with Crippen molar-refractivity contribution in [2.24, 2.45) is 11.8 Å². The summed E-state index contributed by atoms with van der Waals surface area (Å²) in [5.74, 6) is 0.964. The number of allylic oxidation sites excluding steroid dienone is 2. The Morgan fingerprint density at radius 2 is 1.52 bits per heavy atom. The molecule has 1 saturated carbocycles. The molecule has 31 heavy (non-hydrogen) atoms. The predicted octanol–water partition coefficient (Wildman–Crippen LogP) is 9.12. The van der Waals surface area contributed by atoms with Gasteiger partial charge in [0, 0.05) is 12.0 Å². The van der Waals surface area contributed by atoms with Crippen molar-refractivity contribution in [2.75, 3.05) is 0 Å². The molecule has 0 amide bonds. The fourth-order valence-electron chi connectivity index (χ4n) is 4.65. The molecule has 0 N–H and O–H groups in total. The van der Waals surface area contributed by atoms with E-state index in [1.807, 2.05) is 0 Å². The molecule has 0 heterocycles. The van der Waals surface area contributed by atoms with Crippen LogP contribution >= 0.6 is 0 Å². The molecule has 0 radical (unpaired) electrons. The lowest BCUT2D eigenvalue weighted by Crippen LogP contribution is -2.51. The molecule has 1 rings (SSSR count). The van der Waals surface area contributed by atoms with Crippen LogP contribution < -0.4 is 0 Å². The van der Waals surface area contributed by atoms with Gasteiger partial charge in [0.05, 0.1) is 6.10 Å². The van der Waals surface area contributed by atoms with Crippen LogP contribution in [0.3, 0.4) is 0 Å². The van der Waals surface area contributed by atoms with Crippen LogP contribution in [0.4, 0.5) is 0 Å². The zero-order valence-electron chi connectivity index (χ0n) is 22.9. The summed E-state index contributed by atoms with van der Waals surface area (Å²) in [6.07, 6.45) is 7.33. The summed E-state index contributed by atoms with van der Waals surface area (Å²) in [7, 11) is -3.45. The molecule has 1 aliphatic rings. The summed E-state index contributed by atoms with van der Waals surface area (Å²) >= 11 is 0. The first-order valence-corrected chi connectivity index (χ1v) is 18.3. The fraction of sp³-hybridized carbons (Fsp3) is 0.852. The molecule has 1 aliphatic carbocycles. The maximum Gasteiger partial charge on any atom is 0.192 e. The third-order valence-corrected chi connectivity index (χ3v) is 17.5. The Kier molecular flexibility index (Phi) is 11.0. The summed E-state index contributed by atoms with van der Waals surface area (Å²) in [5.41, 5.74) is 2.77. The molecule has 1 unspecified atom stereocenters. The van der Waals surface area contributed by atoms with E-state index < -0.39 is 16.6 Å². The van der Waals surface area contributed by atoms with Crippen molar-refractivity contribution in [3.05, 3.63) is 23.8 Å². The number of hydrogen-bond acceptors (Lipinski definition) is 2. The number of hydrogen-bond donors (Lipinski definition) is 0. The average molecular weight is 467 g/mol. The first-order chi connectivity index (χ1) is 14.2. The topological polar surface area (TPSA) is 18.5 Å². The van der Waals surface area contributed by atoms with Crippen LogP contribution in [0.5, 0.6) is 0 Å². The summed E-state index contributed by atoms with van der Waals surface area (Å²) < 4.78 is 14.1. The zero-order valence-corrected chi connectivity index (χ0v) is 24.9. The first-order valence-electron chi connectivity index (χ1n) is 12.9. The van der Waals surface area contributed by atoms with Crippen molar-refractivity contribution in [1.82, 2.24) is 0 Å². The summed E-state index contributed by atoms with van der Waals surface area (Å²) in [6, 6.07) is 3.66. The van der Waals surface area contributed by atoms with Crippen LogP contribution in [0.15, 0.2) is 23.8 Å². The lowest BCUT2D eigenvalue weighted by atomic mass is 9.75. The Morgan fingerprint density at radius 1 is 0.968 bits per heavy atom. The van der Waals surface area contributed by atoms with Gasteiger partial charge in [-0.25, -0.2) is 0 Å². The van der Waals surface area contributed by atoms with Crippen LogP contribution in [0, 0.1) is 11.8 Å². The minimum absolute atomic E-state index is 0.228. The van der Waals surface area contributed by atoms with Crippen molar-refractivity contribution >= 4 is 16.6 Å². The monoisotopic (exact) mass is 466 g/mol. The van der Waals surface area contributed by atoms with E-state index in [2.05, 4.69) is 88.1 Å². The number of rotatable bonds is 11. The van der Waals surface area contributed by atoms with E-state index in [0.29, 0.717) is 17.9 Å². The molecule has 0 aromatic rings. The zero-order chi connectivity index (χ0) is 24.0. The Labute approximate surface area is 197 Å². The minimum atomic E-state index is -1.83. The van der Waals surface area contributed by atoms with Crippen molar-refractivity contribution < 1.29 is 8.85 Å². The molecular formula is C27H54O2Si2. The normalized spacial score (nSPS) is 25.4. The highest BCUT2D eigenvalue weighted by molar-refractivity contribution is 6.74. The molecule has 0 aromatic carbocycles. The van der Waals surface area contributed by atoms with Crippen molar-refractivity contribution in [2.45, 2.75) is 136 Å². The van der Waals surface area contributed by atoms with E-state index in [9.17, 15) is 0 Å². The fourth-order valence-corrected chi connectivity index (χ4v) is 8.99. The highest BCUT2D eigenvalue weighted by Gasteiger charge is 2.46. The lowest BCUT2D eigenvalue weighted by molar-refractivity contribution is -0.00275. The van der Waals surface area contributed by atoms with Crippen LogP contribution in [0.25, 0.3) is 0 Å². The Hall–Kier alpha value is -0.166. The second-order valence-electron chi connectivity index (χ2n) is 11.9. The van der Waals surface area contributed by atoms with Gasteiger partial charge in [0.15, 0.2) is 16.6 Å². The van der Waals surface area contributed by atoms with E-state index in [4.69, 9.17) is 8.85 Å². The maximum absolute atomic E-state index is 7.05. The van der Waals surface area contributed by atoms with E-state index in [0.717, 1.165) is 25.7 Å². The molecule has 2 nitrogen and oxygen atoms in total. The van der Waals surface area contributed by atoms with E-state index in [1.54, 1.807) is 0 Å². The third-order valence-electron chi connectivity index (χ3n) is 8.30. The molecule has 1 fully saturated rings.